The molecular formula is C25H26ClNO5. The van der Waals surface area contributed by atoms with Gasteiger partial charge in [0.15, 0.2) is 0 Å². The van der Waals surface area contributed by atoms with Crippen molar-refractivity contribution in [3.63, 3.8) is 0 Å². The summed E-state index contributed by atoms with van der Waals surface area (Å²) in [5, 5.41) is 24.7. The van der Waals surface area contributed by atoms with E-state index in [0.717, 1.165) is 24.5 Å². The van der Waals surface area contributed by atoms with Crippen LogP contribution in [0.1, 0.15) is 47.7 Å². The van der Waals surface area contributed by atoms with Crippen molar-refractivity contribution >= 4 is 23.3 Å². The number of halogens is 1. The molecule has 0 amide bonds. The average molecular weight is 456 g/mol. The quantitative estimate of drug-likeness (QED) is 0.351. The molecule has 2 aromatic rings. The Morgan fingerprint density at radius 1 is 1.12 bits per heavy atom. The largest absolute Gasteiger partial charge is 0.507 e. The molecule has 2 N–H and O–H groups in total. The monoisotopic (exact) mass is 455 g/mol. The minimum atomic E-state index is -0.717. The minimum absolute atomic E-state index is 0.0430. The van der Waals surface area contributed by atoms with Gasteiger partial charge in [-0.3, -0.25) is 0 Å². The molecule has 32 heavy (non-hydrogen) atoms. The number of carbonyl (C=O) groups is 1. The van der Waals surface area contributed by atoms with Crippen LogP contribution in [-0.2, 0) is 22.6 Å². The molecule has 0 aromatic heterocycles. The maximum absolute atomic E-state index is 12.8. The number of phenolic OH excluding ortho intramolecular Hbond substituents is 2. The number of hydrogen-bond acceptors (Lipinski definition) is 6. The molecule has 0 radical (unpaired) electrons. The molecule has 0 aliphatic carbocycles. The van der Waals surface area contributed by atoms with Crippen molar-refractivity contribution in [2.24, 2.45) is 5.16 Å². The number of phenols is 2. The highest BCUT2D eigenvalue weighted by atomic mass is 35.5. The number of ether oxygens (including phenoxy) is 1. The van der Waals surface area contributed by atoms with Crippen LogP contribution in [0.4, 0.5) is 0 Å². The summed E-state index contributed by atoms with van der Waals surface area (Å²) in [7, 11) is 0. The predicted molar refractivity (Wildman–Crippen MR) is 124 cm³/mol. The van der Waals surface area contributed by atoms with Gasteiger partial charge in [-0.25, -0.2) is 4.79 Å². The molecule has 168 valence electrons. The molecule has 0 fully saturated rings. The van der Waals surface area contributed by atoms with Gasteiger partial charge >= 0.3 is 5.97 Å². The lowest BCUT2D eigenvalue weighted by Crippen LogP contribution is -2.17. The fraction of sp³-hybridized carbons (Fsp3) is 0.280. The van der Waals surface area contributed by atoms with Gasteiger partial charge in [-0.05, 0) is 37.0 Å². The molecule has 0 spiro atoms. The van der Waals surface area contributed by atoms with Crippen LogP contribution in [0.25, 0.3) is 0 Å². The number of esters is 1. The lowest BCUT2D eigenvalue weighted by atomic mass is 9.99. The summed E-state index contributed by atoms with van der Waals surface area (Å²) in [5.74, 6) is -1.46. The maximum atomic E-state index is 12.8. The van der Waals surface area contributed by atoms with E-state index in [4.69, 9.17) is 21.2 Å². The fourth-order valence-corrected chi connectivity index (χ4v) is 3.47. The topological polar surface area (TPSA) is 88.4 Å². The smallest absolute Gasteiger partial charge is 0.342 e. The molecule has 0 bridgehead atoms. The van der Waals surface area contributed by atoms with Crippen molar-refractivity contribution in [2.45, 2.75) is 45.3 Å². The lowest BCUT2D eigenvalue weighted by molar-refractivity contribution is 0.0343. The fourth-order valence-electron chi connectivity index (χ4n) is 3.25. The Hall–Kier alpha value is -3.25. The Morgan fingerprint density at radius 2 is 1.88 bits per heavy atom. The van der Waals surface area contributed by atoms with E-state index >= 15 is 0 Å². The molecule has 6 nitrogen and oxygen atoms in total. The first kappa shape index (κ1) is 23.4. The Kier molecular flexibility index (Phi) is 8.34. The van der Waals surface area contributed by atoms with Gasteiger partial charge in [-0.15, -0.1) is 0 Å². The van der Waals surface area contributed by atoms with Crippen LogP contribution in [-0.4, -0.2) is 28.0 Å². The molecule has 1 aliphatic heterocycles. The van der Waals surface area contributed by atoms with Crippen molar-refractivity contribution in [3.05, 3.63) is 82.4 Å². The first-order valence-corrected chi connectivity index (χ1v) is 10.8. The molecule has 1 heterocycles. The second-order valence-electron chi connectivity index (χ2n) is 7.50. The summed E-state index contributed by atoms with van der Waals surface area (Å²) >= 11 is 6.33. The van der Waals surface area contributed by atoms with Crippen molar-refractivity contribution in [1.82, 2.24) is 0 Å². The zero-order valence-electron chi connectivity index (χ0n) is 17.8. The highest BCUT2D eigenvalue weighted by Gasteiger charge is 2.25. The van der Waals surface area contributed by atoms with Crippen LogP contribution in [0.3, 0.4) is 0 Å². The van der Waals surface area contributed by atoms with Crippen molar-refractivity contribution < 1.29 is 24.6 Å². The maximum Gasteiger partial charge on any atom is 0.342 e. The number of cyclic esters (lactones) is 1. The number of rotatable bonds is 3. The molecule has 1 atom stereocenters. The third-order valence-electron chi connectivity index (χ3n) is 4.89. The van der Waals surface area contributed by atoms with Gasteiger partial charge in [-0.1, -0.05) is 65.3 Å². The van der Waals surface area contributed by atoms with Crippen LogP contribution in [0.15, 0.2) is 65.9 Å². The van der Waals surface area contributed by atoms with E-state index in [2.05, 4.69) is 5.16 Å². The molecule has 0 saturated heterocycles. The van der Waals surface area contributed by atoms with E-state index in [1.807, 2.05) is 48.6 Å². The van der Waals surface area contributed by atoms with E-state index in [1.165, 1.54) is 0 Å². The van der Waals surface area contributed by atoms with Crippen molar-refractivity contribution in [1.29, 1.82) is 0 Å². The summed E-state index contributed by atoms with van der Waals surface area (Å²) in [6.07, 6.45) is 9.57. The van der Waals surface area contributed by atoms with Gasteiger partial charge in [0.2, 0.25) is 0 Å². The Labute approximate surface area is 192 Å². The molecule has 0 saturated carbocycles. The number of allylic oxidation sites excluding steroid dienone is 3. The SMILES string of the molecule is C[C@@H]1CC=CCCC=CC(=NOCc2ccccc2)Cc2c(Cl)c(O)cc(O)c2C(=O)O1. The van der Waals surface area contributed by atoms with Crippen LogP contribution >= 0.6 is 11.6 Å². The van der Waals surface area contributed by atoms with Gasteiger partial charge in [0, 0.05) is 18.9 Å². The molecule has 0 unspecified atom stereocenters. The molecule has 2 aromatic carbocycles. The summed E-state index contributed by atoms with van der Waals surface area (Å²) in [5.41, 5.74) is 1.57. The van der Waals surface area contributed by atoms with E-state index in [9.17, 15) is 15.0 Å². The second kappa shape index (κ2) is 11.4. The third-order valence-corrected chi connectivity index (χ3v) is 5.31. The van der Waals surface area contributed by atoms with E-state index in [-0.39, 0.29) is 41.0 Å². The summed E-state index contributed by atoms with van der Waals surface area (Å²) in [6, 6.07) is 10.6. The normalized spacial score (nSPS) is 18.6. The number of fused-ring (bicyclic) bond motifs is 1. The van der Waals surface area contributed by atoms with E-state index in [0.29, 0.717) is 12.1 Å². The number of hydrogen-bond donors (Lipinski definition) is 2. The first-order chi connectivity index (χ1) is 15.5. The number of carbonyl (C=O) groups excluding carboxylic acids is 1. The highest BCUT2D eigenvalue weighted by molar-refractivity contribution is 6.33. The molecular weight excluding hydrogens is 430 g/mol. The third kappa shape index (κ3) is 6.37. The zero-order chi connectivity index (χ0) is 22.9. The Bertz CT molecular complexity index is 1030. The summed E-state index contributed by atoms with van der Waals surface area (Å²) in [4.78, 5) is 18.4. The minimum Gasteiger partial charge on any atom is -0.507 e. The van der Waals surface area contributed by atoms with Gasteiger partial charge in [-0.2, -0.15) is 0 Å². The average Bonchev–Trinajstić information content (AvgIpc) is 2.76. The number of nitrogens with zero attached hydrogens (tertiary/aromatic N) is 1. The van der Waals surface area contributed by atoms with E-state index < -0.39 is 11.7 Å². The van der Waals surface area contributed by atoms with Gasteiger partial charge in [0.1, 0.15) is 29.8 Å². The van der Waals surface area contributed by atoms with Crippen LogP contribution < -0.4 is 0 Å². The first-order valence-electron chi connectivity index (χ1n) is 10.4. The molecule has 3 rings (SSSR count). The summed E-state index contributed by atoms with van der Waals surface area (Å²) < 4.78 is 5.49. The second-order valence-corrected chi connectivity index (χ2v) is 7.88. The zero-order valence-corrected chi connectivity index (χ0v) is 18.6. The highest BCUT2D eigenvalue weighted by Crippen LogP contribution is 2.37. The Balaban J connectivity index is 1.97. The lowest BCUT2D eigenvalue weighted by Gasteiger charge is -2.17. The van der Waals surface area contributed by atoms with Gasteiger partial charge in [0.05, 0.1) is 10.7 Å². The van der Waals surface area contributed by atoms with Gasteiger partial charge in [0.25, 0.3) is 0 Å². The van der Waals surface area contributed by atoms with Crippen LogP contribution in [0.5, 0.6) is 11.5 Å². The predicted octanol–water partition coefficient (Wildman–Crippen LogP) is 5.71. The number of aromatic hydroxyl groups is 2. The number of oxime groups is 1. The molecule has 7 heteroatoms. The standard InChI is InChI=1S/C25H26ClNO5/c1-17-10-6-3-2-4-9-13-19(27-31-16-18-11-7-5-8-12-18)14-20-23(25(30)32-17)21(28)15-22(29)24(20)26/h3,5-9,11-13,15,17,28-29H,2,4,10,14,16H2,1H3/t17-/m1/s1. The summed E-state index contributed by atoms with van der Waals surface area (Å²) in [6.45, 7) is 2.05. The van der Waals surface area contributed by atoms with Crippen molar-refractivity contribution in [3.8, 4) is 11.5 Å². The molecule has 1 aliphatic rings. The van der Waals surface area contributed by atoms with Crippen molar-refractivity contribution in [2.75, 3.05) is 0 Å². The van der Waals surface area contributed by atoms with Crippen LogP contribution in [0.2, 0.25) is 5.02 Å². The number of benzene rings is 2. The van der Waals surface area contributed by atoms with Crippen LogP contribution in [0, 0.1) is 0 Å². The van der Waals surface area contributed by atoms with E-state index in [1.54, 1.807) is 13.0 Å². The van der Waals surface area contributed by atoms with Gasteiger partial charge < -0.3 is 19.8 Å². The Morgan fingerprint density at radius 3 is 2.66 bits per heavy atom.